The van der Waals surface area contributed by atoms with Gasteiger partial charge in [0.05, 0.1) is 23.5 Å². The molecule has 47 heavy (non-hydrogen) atoms. The molecule has 3 aromatic carbocycles. The molecule has 4 aromatic rings. The summed E-state index contributed by atoms with van der Waals surface area (Å²) in [6, 6.07) is 13.5. The predicted molar refractivity (Wildman–Crippen MR) is 166 cm³/mol. The minimum Gasteiger partial charge on any atom is -0.355 e. The van der Waals surface area contributed by atoms with Gasteiger partial charge in [0.1, 0.15) is 0 Å². The first-order chi connectivity index (χ1) is 22.2. The third-order valence-electron chi connectivity index (χ3n) is 7.85. The van der Waals surface area contributed by atoms with Crippen LogP contribution in [-0.4, -0.2) is 45.1 Å². The maximum Gasteiger partial charge on any atom is 0.416 e. The van der Waals surface area contributed by atoms with Gasteiger partial charge in [-0.05, 0) is 80.4 Å². The molecule has 2 heterocycles. The fourth-order valence-electron chi connectivity index (χ4n) is 5.26. The van der Waals surface area contributed by atoms with Gasteiger partial charge in [0.2, 0.25) is 5.95 Å². The standard InChI is InChI=1S/C33H27ClF5N5O3/c1-17-14-25-27(16-43(17)30(46)21-8-13-26(34)24(15-21)28(35)36)42-32(41-18(2)19-4-9-22(10-5-19)33(37,38)39)44(31(25)47)23-11-6-20(7-12-23)29(45)40-3/h4-13,15,17,28H,14,16H2,1-3H3,(H,40,45)/t17-/m1/s1. The van der Waals surface area contributed by atoms with E-state index in [2.05, 4.69) is 15.3 Å². The molecule has 5 rings (SSSR count). The molecule has 1 aromatic heterocycles. The number of carbonyl (C=O) groups is 2. The molecular weight excluding hydrogens is 645 g/mol. The van der Waals surface area contributed by atoms with Crippen molar-refractivity contribution in [3.8, 4) is 5.69 Å². The van der Waals surface area contributed by atoms with Gasteiger partial charge in [-0.2, -0.15) is 13.2 Å². The molecule has 1 aliphatic heterocycles. The van der Waals surface area contributed by atoms with Crippen LogP contribution in [0.5, 0.6) is 0 Å². The van der Waals surface area contributed by atoms with Gasteiger partial charge in [0.25, 0.3) is 23.8 Å². The first kappa shape index (κ1) is 33.5. The molecule has 1 N–H and O–H groups in total. The lowest BCUT2D eigenvalue weighted by Crippen LogP contribution is -2.45. The Labute approximate surface area is 270 Å². The molecule has 0 bridgehead atoms. The van der Waals surface area contributed by atoms with Crippen LogP contribution in [0.4, 0.5) is 27.9 Å². The Bertz CT molecular complexity index is 1940. The molecule has 0 saturated carbocycles. The Balaban J connectivity index is 1.61. The molecule has 244 valence electrons. The Morgan fingerprint density at radius 1 is 1.00 bits per heavy atom. The van der Waals surface area contributed by atoms with E-state index in [4.69, 9.17) is 11.6 Å². The number of benzene rings is 3. The summed E-state index contributed by atoms with van der Waals surface area (Å²) in [4.78, 5) is 50.3. The quantitative estimate of drug-likeness (QED) is 0.178. The lowest BCUT2D eigenvalue weighted by Gasteiger charge is -2.34. The number of rotatable bonds is 6. The number of aromatic nitrogens is 2. The molecule has 8 nitrogen and oxygen atoms in total. The number of carbonyl (C=O) groups excluding carboxylic acids is 2. The number of alkyl halides is 5. The number of hydrogen-bond acceptors (Lipinski definition) is 5. The van der Waals surface area contributed by atoms with Crippen molar-refractivity contribution in [1.82, 2.24) is 19.8 Å². The van der Waals surface area contributed by atoms with Crippen LogP contribution in [-0.2, 0) is 19.1 Å². The molecule has 0 fully saturated rings. The second kappa shape index (κ2) is 13.1. The van der Waals surface area contributed by atoms with Gasteiger partial charge in [-0.15, -0.1) is 0 Å². The van der Waals surface area contributed by atoms with Crippen LogP contribution in [0.3, 0.4) is 0 Å². The fourth-order valence-corrected chi connectivity index (χ4v) is 5.46. The molecule has 0 radical (unpaired) electrons. The zero-order chi connectivity index (χ0) is 34.2. The second-order valence-electron chi connectivity index (χ2n) is 10.9. The molecule has 14 heteroatoms. The van der Waals surface area contributed by atoms with Gasteiger partial charge in [0, 0.05) is 46.1 Å². The Kier molecular flexibility index (Phi) is 9.30. The molecule has 2 amide bonds. The van der Waals surface area contributed by atoms with E-state index in [0.717, 1.165) is 18.2 Å². The van der Waals surface area contributed by atoms with Gasteiger partial charge in [-0.3, -0.25) is 14.4 Å². The van der Waals surface area contributed by atoms with Crippen molar-refractivity contribution in [1.29, 1.82) is 0 Å². The topological polar surface area (TPSA) is 96.7 Å². The van der Waals surface area contributed by atoms with E-state index in [1.807, 2.05) is 0 Å². The molecule has 0 spiro atoms. The number of nitrogens with one attached hydrogen (secondary N) is 1. The van der Waals surface area contributed by atoms with Gasteiger partial charge in [-0.1, -0.05) is 23.7 Å². The van der Waals surface area contributed by atoms with Crippen LogP contribution in [0.25, 0.3) is 5.69 Å². The summed E-state index contributed by atoms with van der Waals surface area (Å²) in [7, 11) is 1.48. The van der Waals surface area contributed by atoms with E-state index in [1.54, 1.807) is 13.8 Å². The third kappa shape index (κ3) is 6.80. The van der Waals surface area contributed by atoms with Crippen molar-refractivity contribution >= 4 is 35.1 Å². The summed E-state index contributed by atoms with van der Waals surface area (Å²) in [5, 5.41) is 2.34. The van der Waals surface area contributed by atoms with Crippen molar-refractivity contribution in [2.45, 2.75) is 45.5 Å². The van der Waals surface area contributed by atoms with Crippen LogP contribution < -0.4 is 10.9 Å². The molecule has 0 aliphatic carbocycles. The summed E-state index contributed by atoms with van der Waals surface area (Å²) < 4.78 is 67.6. The Morgan fingerprint density at radius 3 is 2.21 bits per heavy atom. The Hall–Kier alpha value is -4.91. The van der Waals surface area contributed by atoms with Crippen LogP contribution in [0.2, 0.25) is 5.02 Å². The van der Waals surface area contributed by atoms with E-state index in [0.29, 0.717) is 22.4 Å². The van der Waals surface area contributed by atoms with Gasteiger partial charge in [0.15, 0.2) is 0 Å². The smallest absolute Gasteiger partial charge is 0.355 e. The number of nitrogens with zero attached hydrogens (tertiary/aromatic N) is 4. The zero-order valence-corrected chi connectivity index (χ0v) is 26.0. The maximum atomic E-state index is 14.1. The largest absolute Gasteiger partial charge is 0.416 e. The molecular formula is C33H27ClF5N5O3. The van der Waals surface area contributed by atoms with Crippen LogP contribution in [0.1, 0.15) is 68.9 Å². The highest BCUT2D eigenvalue weighted by Crippen LogP contribution is 2.31. The van der Waals surface area contributed by atoms with Crippen molar-refractivity contribution in [2.24, 2.45) is 4.99 Å². The fraction of sp³-hybridized carbons (Fsp3) is 0.242. The highest BCUT2D eigenvalue weighted by atomic mass is 35.5. The second-order valence-corrected chi connectivity index (χ2v) is 11.3. The summed E-state index contributed by atoms with van der Waals surface area (Å²) >= 11 is 5.89. The highest BCUT2D eigenvalue weighted by Gasteiger charge is 2.33. The van der Waals surface area contributed by atoms with Crippen molar-refractivity contribution in [3.05, 3.63) is 121 Å². The summed E-state index contributed by atoms with van der Waals surface area (Å²) in [6.07, 6.45) is -7.34. The van der Waals surface area contributed by atoms with E-state index >= 15 is 0 Å². The monoisotopic (exact) mass is 671 g/mol. The highest BCUT2D eigenvalue weighted by molar-refractivity contribution is 6.31. The van der Waals surface area contributed by atoms with Gasteiger partial charge < -0.3 is 10.2 Å². The minimum absolute atomic E-state index is 0.0130. The van der Waals surface area contributed by atoms with E-state index in [1.165, 1.54) is 65.0 Å². The number of fused-ring (bicyclic) bond motifs is 1. The van der Waals surface area contributed by atoms with Crippen molar-refractivity contribution in [3.63, 3.8) is 0 Å². The predicted octanol–water partition coefficient (Wildman–Crippen LogP) is 6.93. The zero-order valence-electron chi connectivity index (χ0n) is 25.2. The van der Waals surface area contributed by atoms with E-state index in [-0.39, 0.29) is 46.8 Å². The average molecular weight is 672 g/mol. The van der Waals surface area contributed by atoms with Gasteiger partial charge >= 0.3 is 6.18 Å². The number of hydrogen-bond donors (Lipinski definition) is 1. The first-order valence-electron chi connectivity index (χ1n) is 14.3. The van der Waals surface area contributed by atoms with E-state index in [9.17, 15) is 36.3 Å². The maximum absolute atomic E-state index is 14.1. The molecule has 0 unspecified atom stereocenters. The van der Waals surface area contributed by atoms with Crippen LogP contribution in [0.15, 0.2) is 76.5 Å². The lowest BCUT2D eigenvalue weighted by atomic mass is 9.98. The lowest BCUT2D eigenvalue weighted by molar-refractivity contribution is -0.137. The first-order valence-corrected chi connectivity index (χ1v) is 14.7. The van der Waals surface area contributed by atoms with Gasteiger partial charge in [-0.25, -0.2) is 23.3 Å². The third-order valence-corrected chi connectivity index (χ3v) is 8.19. The van der Waals surface area contributed by atoms with Crippen LogP contribution in [0, 0.1) is 0 Å². The van der Waals surface area contributed by atoms with E-state index < -0.39 is 41.2 Å². The molecule has 1 atom stereocenters. The van der Waals surface area contributed by atoms with Crippen LogP contribution >= 0.6 is 11.6 Å². The molecule has 1 aliphatic rings. The Morgan fingerprint density at radius 2 is 1.62 bits per heavy atom. The SMILES string of the molecule is CNC(=O)c1ccc(-n2c(N=C(C)c3ccc(C(F)(F)F)cc3)nc3c(c2=O)C[C@@H](C)N(C(=O)c2ccc(Cl)c(C(F)F)c2)C3)cc1. The van der Waals surface area contributed by atoms with Crippen molar-refractivity contribution in [2.75, 3.05) is 7.05 Å². The number of amides is 2. The summed E-state index contributed by atoms with van der Waals surface area (Å²) in [5.74, 6) is -1.03. The minimum atomic E-state index is -4.53. The van der Waals surface area contributed by atoms with Crippen molar-refractivity contribution < 1.29 is 31.5 Å². The normalized spacial score (nSPS) is 15.1. The average Bonchev–Trinajstić information content (AvgIpc) is 3.04. The summed E-state index contributed by atoms with van der Waals surface area (Å²) in [6.45, 7) is 3.12. The molecule has 0 saturated heterocycles. The number of aliphatic imine (C=N–C) groups is 1. The number of halogens is 6. The summed E-state index contributed by atoms with van der Waals surface area (Å²) in [5.41, 5.74) is -0.0589.